The summed E-state index contributed by atoms with van der Waals surface area (Å²) in [4.78, 5) is 10.6. The van der Waals surface area contributed by atoms with E-state index in [0.29, 0.717) is 18.0 Å². The Bertz CT molecular complexity index is 174. The maximum Gasteiger partial charge on any atom is 0.216 e. The summed E-state index contributed by atoms with van der Waals surface area (Å²) in [5, 5.41) is 6.34. The van der Waals surface area contributed by atoms with Gasteiger partial charge in [-0.1, -0.05) is 13.8 Å². The summed E-state index contributed by atoms with van der Waals surface area (Å²) in [6, 6.07) is 1.26. The molecule has 0 aliphatic heterocycles. The Morgan fingerprint density at radius 1 is 1.46 bits per heavy atom. The maximum absolute atomic E-state index is 10.6. The molecule has 1 aliphatic carbocycles. The topological polar surface area (TPSA) is 41.1 Å². The van der Waals surface area contributed by atoms with Crippen molar-refractivity contribution in [3.05, 3.63) is 0 Å². The van der Waals surface area contributed by atoms with Gasteiger partial charge in [0.2, 0.25) is 5.91 Å². The van der Waals surface area contributed by atoms with Crippen molar-refractivity contribution in [2.75, 3.05) is 6.54 Å². The average molecular weight is 184 g/mol. The van der Waals surface area contributed by atoms with Gasteiger partial charge in [0, 0.05) is 25.6 Å². The van der Waals surface area contributed by atoms with Crippen molar-refractivity contribution in [3.8, 4) is 0 Å². The normalized spacial score (nSPS) is 27.1. The lowest BCUT2D eigenvalue weighted by molar-refractivity contribution is -0.119. The fraction of sp³-hybridized carbons (Fsp3) is 0.900. The third-order valence-electron chi connectivity index (χ3n) is 2.44. The molecule has 1 aliphatic rings. The first-order chi connectivity index (χ1) is 6.08. The summed E-state index contributed by atoms with van der Waals surface area (Å²) in [5.74, 6) is 0.778. The molecule has 1 fully saturated rings. The molecular formula is C10H20N2O. The molecule has 13 heavy (non-hydrogen) atoms. The molecule has 0 aromatic carbocycles. The van der Waals surface area contributed by atoms with Crippen molar-refractivity contribution in [2.45, 2.75) is 45.7 Å². The van der Waals surface area contributed by atoms with Gasteiger partial charge in [-0.2, -0.15) is 0 Å². The van der Waals surface area contributed by atoms with Crippen molar-refractivity contribution >= 4 is 5.91 Å². The van der Waals surface area contributed by atoms with Gasteiger partial charge in [0.05, 0.1) is 0 Å². The molecule has 2 N–H and O–H groups in total. The monoisotopic (exact) mass is 184 g/mol. The van der Waals surface area contributed by atoms with Gasteiger partial charge in [0.1, 0.15) is 0 Å². The minimum Gasteiger partial charge on any atom is -0.356 e. The van der Waals surface area contributed by atoms with E-state index in [-0.39, 0.29) is 5.91 Å². The first-order valence-corrected chi connectivity index (χ1v) is 5.08. The highest BCUT2D eigenvalue weighted by Crippen LogP contribution is 2.26. The number of nitrogens with one attached hydrogen (secondary N) is 2. The van der Waals surface area contributed by atoms with Gasteiger partial charge in [0.15, 0.2) is 0 Å². The molecule has 0 aromatic heterocycles. The zero-order valence-corrected chi connectivity index (χ0v) is 8.76. The van der Waals surface area contributed by atoms with Crippen LogP contribution in [0.1, 0.15) is 33.6 Å². The molecule has 0 bridgehead atoms. The Balaban J connectivity index is 2.02. The SMILES string of the molecule is CC(=O)NCC1CC(NC(C)C)C1. The van der Waals surface area contributed by atoms with Crippen LogP contribution in [-0.4, -0.2) is 24.5 Å². The highest BCUT2D eigenvalue weighted by Gasteiger charge is 2.28. The lowest BCUT2D eigenvalue weighted by atomic mass is 9.80. The molecule has 0 atom stereocenters. The van der Waals surface area contributed by atoms with Crippen molar-refractivity contribution < 1.29 is 4.79 Å². The lowest BCUT2D eigenvalue weighted by Gasteiger charge is -2.37. The first kappa shape index (κ1) is 10.5. The number of amides is 1. The van der Waals surface area contributed by atoms with Gasteiger partial charge in [-0.05, 0) is 18.8 Å². The summed E-state index contributed by atoms with van der Waals surface area (Å²) in [6.45, 7) is 6.76. The Hall–Kier alpha value is -0.570. The fourth-order valence-corrected chi connectivity index (χ4v) is 1.80. The number of carbonyl (C=O) groups excluding carboxylic acids is 1. The van der Waals surface area contributed by atoms with Crippen molar-refractivity contribution in [3.63, 3.8) is 0 Å². The van der Waals surface area contributed by atoms with E-state index in [0.717, 1.165) is 6.54 Å². The quantitative estimate of drug-likeness (QED) is 0.681. The molecule has 76 valence electrons. The molecule has 0 unspecified atom stereocenters. The van der Waals surface area contributed by atoms with E-state index in [1.54, 1.807) is 6.92 Å². The molecule has 0 saturated heterocycles. The second-order valence-electron chi connectivity index (χ2n) is 4.29. The predicted molar refractivity (Wildman–Crippen MR) is 53.5 cm³/mol. The van der Waals surface area contributed by atoms with Gasteiger partial charge < -0.3 is 10.6 Å². The Kier molecular flexibility index (Phi) is 3.72. The molecule has 3 heteroatoms. The molecule has 3 nitrogen and oxygen atoms in total. The zero-order chi connectivity index (χ0) is 9.84. The number of hydrogen-bond donors (Lipinski definition) is 2. The number of rotatable bonds is 4. The van der Waals surface area contributed by atoms with Crippen LogP contribution in [0.2, 0.25) is 0 Å². The van der Waals surface area contributed by atoms with Gasteiger partial charge in [0.25, 0.3) is 0 Å². The molecule has 1 amide bonds. The summed E-state index contributed by atoms with van der Waals surface area (Å²) in [5.41, 5.74) is 0. The zero-order valence-electron chi connectivity index (χ0n) is 8.76. The van der Waals surface area contributed by atoms with E-state index in [1.807, 2.05) is 0 Å². The van der Waals surface area contributed by atoms with Gasteiger partial charge in [-0.3, -0.25) is 4.79 Å². The minimum atomic E-state index is 0.0836. The molecular weight excluding hydrogens is 164 g/mol. The predicted octanol–water partition coefficient (Wildman–Crippen LogP) is 0.899. The van der Waals surface area contributed by atoms with Gasteiger partial charge >= 0.3 is 0 Å². The van der Waals surface area contributed by atoms with E-state index in [2.05, 4.69) is 24.5 Å². The fourth-order valence-electron chi connectivity index (χ4n) is 1.80. The average Bonchev–Trinajstić information content (AvgIpc) is 1.92. The molecule has 1 saturated carbocycles. The second kappa shape index (κ2) is 4.61. The lowest BCUT2D eigenvalue weighted by Crippen LogP contribution is -2.47. The van der Waals surface area contributed by atoms with Gasteiger partial charge in [-0.25, -0.2) is 0 Å². The Labute approximate surface area is 80.3 Å². The second-order valence-corrected chi connectivity index (χ2v) is 4.29. The van der Waals surface area contributed by atoms with Crippen LogP contribution in [0.15, 0.2) is 0 Å². The summed E-state index contributed by atoms with van der Waals surface area (Å²) in [6.07, 6.45) is 2.41. The van der Waals surface area contributed by atoms with Crippen LogP contribution in [-0.2, 0) is 4.79 Å². The van der Waals surface area contributed by atoms with Crippen LogP contribution >= 0.6 is 0 Å². The highest BCUT2D eigenvalue weighted by molar-refractivity contribution is 5.72. The molecule has 0 aromatic rings. The third-order valence-corrected chi connectivity index (χ3v) is 2.44. The van der Waals surface area contributed by atoms with Crippen molar-refractivity contribution in [2.24, 2.45) is 5.92 Å². The smallest absolute Gasteiger partial charge is 0.216 e. The summed E-state index contributed by atoms with van der Waals surface area (Å²) in [7, 11) is 0. The largest absolute Gasteiger partial charge is 0.356 e. The van der Waals surface area contributed by atoms with E-state index >= 15 is 0 Å². The Morgan fingerprint density at radius 2 is 2.08 bits per heavy atom. The summed E-state index contributed by atoms with van der Waals surface area (Å²) < 4.78 is 0. The Morgan fingerprint density at radius 3 is 2.54 bits per heavy atom. The standard InChI is InChI=1S/C10H20N2O/c1-7(2)12-10-4-9(5-10)6-11-8(3)13/h7,9-10,12H,4-6H2,1-3H3,(H,11,13). The van der Waals surface area contributed by atoms with E-state index in [1.165, 1.54) is 12.8 Å². The van der Waals surface area contributed by atoms with Crippen molar-refractivity contribution in [1.29, 1.82) is 0 Å². The third kappa shape index (κ3) is 3.77. The van der Waals surface area contributed by atoms with Crippen molar-refractivity contribution in [1.82, 2.24) is 10.6 Å². The molecule has 0 heterocycles. The van der Waals surface area contributed by atoms with Crippen LogP contribution in [0, 0.1) is 5.92 Å². The summed E-state index contributed by atoms with van der Waals surface area (Å²) >= 11 is 0. The maximum atomic E-state index is 10.6. The van der Waals surface area contributed by atoms with E-state index < -0.39 is 0 Å². The molecule has 0 spiro atoms. The van der Waals surface area contributed by atoms with Crippen LogP contribution in [0.25, 0.3) is 0 Å². The van der Waals surface area contributed by atoms with E-state index in [4.69, 9.17) is 0 Å². The molecule has 1 rings (SSSR count). The number of hydrogen-bond acceptors (Lipinski definition) is 2. The first-order valence-electron chi connectivity index (χ1n) is 5.08. The van der Waals surface area contributed by atoms with Crippen LogP contribution < -0.4 is 10.6 Å². The minimum absolute atomic E-state index is 0.0836. The van der Waals surface area contributed by atoms with Gasteiger partial charge in [-0.15, -0.1) is 0 Å². The molecule has 0 radical (unpaired) electrons. The van der Waals surface area contributed by atoms with Crippen LogP contribution in [0.3, 0.4) is 0 Å². The highest BCUT2D eigenvalue weighted by atomic mass is 16.1. The van der Waals surface area contributed by atoms with E-state index in [9.17, 15) is 4.79 Å². The van der Waals surface area contributed by atoms with Crippen LogP contribution in [0.4, 0.5) is 0 Å². The number of carbonyl (C=O) groups is 1. The van der Waals surface area contributed by atoms with Crippen LogP contribution in [0.5, 0.6) is 0 Å².